The van der Waals surface area contributed by atoms with Crippen LogP contribution in [-0.4, -0.2) is 44.2 Å². The number of Topliss-reactive ketones (excluding diaryl/α,β-unsaturated/α-hetero) is 1. The fourth-order valence-corrected chi connectivity index (χ4v) is 6.27. The Morgan fingerprint density at radius 1 is 1.22 bits per heavy atom. The fraction of sp³-hybridized carbons (Fsp3) is 0.357. The van der Waals surface area contributed by atoms with E-state index in [9.17, 15) is 22.8 Å². The Balaban J connectivity index is 1.16. The van der Waals surface area contributed by atoms with Gasteiger partial charge in [0.25, 0.3) is 0 Å². The molecule has 1 aliphatic heterocycles. The molecule has 0 bridgehead atoms. The molecule has 0 amide bonds. The van der Waals surface area contributed by atoms with Gasteiger partial charge in [0.05, 0.1) is 29.3 Å². The van der Waals surface area contributed by atoms with Gasteiger partial charge in [-0.2, -0.15) is 18.3 Å². The molecule has 6 rings (SSSR count). The molecule has 41 heavy (non-hydrogen) atoms. The van der Waals surface area contributed by atoms with E-state index in [1.54, 1.807) is 6.20 Å². The Labute approximate surface area is 236 Å². The number of fused-ring (bicyclic) bond motifs is 2. The van der Waals surface area contributed by atoms with Gasteiger partial charge in [-0.3, -0.25) is 9.89 Å². The molecule has 214 valence electrons. The minimum absolute atomic E-state index is 0.000177. The smallest absolute Gasteiger partial charge is 0.456 e. The number of halogens is 3. The number of allylic oxidation sites excluding steroid dienone is 2. The molecule has 4 heterocycles. The van der Waals surface area contributed by atoms with Crippen molar-refractivity contribution < 1.29 is 31.9 Å². The molecule has 0 radical (unpaired) electrons. The quantitative estimate of drug-likeness (QED) is 0.201. The van der Waals surface area contributed by atoms with E-state index >= 15 is 0 Å². The van der Waals surface area contributed by atoms with Gasteiger partial charge in [0.15, 0.2) is 16.0 Å². The topological polar surface area (TPSA) is 126 Å². The van der Waals surface area contributed by atoms with Crippen molar-refractivity contribution in [2.75, 3.05) is 5.32 Å². The number of benzene rings is 1. The van der Waals surface area contributed by atoms with Crippen molar-refractivity contribution in [3.63, 3.8) is 0 Å². The van der Waals surface area contributed by atoms with Crippen molar-refractivity contribution in [1.82, 2.24) is 20.2 Å². The standard InChI is InChI=1S/C28H26F3N5O4S/c1-14(39-26(38)28(29,30)31)5-4-6-15-11-19-24(20(37)12-15)23(16-13-32-36-25(16)33-19)21-9-10-22(40-21)41-27-34-17-7-2-3-8-18(17)35-27/h2-3,7-10,13-15,23H,4-6,11-12H2,1H3,(H,34,35)(H2,32,33,36). The summed E-state index contributed by atoms with van der Waals surface area (Å²) < 4.78 is 48.1. The van der Waals surface area contributed by atoms with Crippen LogP contribution in [0.15, 0.2) is 68.5 Å². The number of aromatic nitrogens is 4. The number of rotatable bonds is 8. The largest absolute Gasteiger partial charge is 0.490 e. The lowest BCUT2D eigenvalue weighted by Gasteiger charge is -2.33. The van der Waals surface area contributed by atoms with Gasteiger partial charge in [-0.25, -0.2) is 9.78 Å². The second kappa shape index (κ2) is 10.8. The van der Waals surface area contributed by atoms with Gasteiger partial charge < -0.3 is 19.5 Å². The molecule has 4 aromatic rings. The number of ether oxygens (including phenoxy) is 1. The first kappa shape index (κ1) is 27.2. The molecule has 1 aromatic carbocycles. The monoisotopic (exact) mass is 585 g/mol. The SMILES string of the molecule is CC(CCCC1CC(=O)C2=C(C1)Nc1[nH]ncc1C2c1ccc(Sc2nc3ccccc3[nH]2)o1)OC(=O)C(F)(F)F. The molecular formula is C28H26F3N5O4S. The number of hydrogen-bond acceptors (Lipinski definition) is 8. The molecule has 0 spiro atoms. The van der Waals surface area contributed by atoms with E-state index in [-0.39, 0.29) is 18.1 Å². The average molecular weight is 586 g/mol. The van der Waals surface area contributed by atoms with Crippen molar-refractivity contribution in [1.29, 1.82) is 0 Å². The zero-order valence-corrected chi connectivity index (χ0v) is 22.7. The first-order chi connectivity index (χ1) is 19.7. The molecule has 0 fully saturated rings. The maximum absolute atomic E-state index is 13.5. The number of carbonyl (C=O) groups excluding carboxylic acids is 2. The fourth-order valence-electron chi connectivity index (χ4n) is 5.51. The number of H-pyrrole nitrogens is 2. The number of ketones is 1. The molecule has 3 unspecified atom stereocenters. The van der Waals surface area contributed by atoms with E-state index in [1.165, 1.54) is 18.7 Å². The van der Waals surface area contributed by atoms with Crippen molar-refractivity contribution in [3.8, 4) is 0 Å². The lowest BCUT2D eigenvalue weighted by atomic mass is 9.75. The minimum Gasteiger partial charge on any atom is -0.456 e. The molecule has 3 aromatic heterocycles. The van der Waals surface area contributed by atoms with Gasteiger partial charge in [0.1, 0.15) is 11.6 Å². The van der Waals surface area contributed by atoms with Crippen molar-refractivity contribution in [3.05, 3.63) is 65.2 Å². The lowest BCUT2D eigenvalue weighted by molar-refractivity contribution is -0.204. The van der Waals surface area contributed by atoms with E-state index in [0.717, 1.165) is 22.3 Å². The molecule has 0 saturated heterocycles. The van der Waals surface area contributed by atoms with Crippen molar-refractivity contribution in [2.24, 2.45) is 5.92 Å². The second-order valence-corrected chi connectivity index (χ2v) is 11.3. The first-order valence-electron chi connectivity index (χ1n) is 13.2. The molecule has 9 nitrogen and oxygen atoms in total. The van der Waals surface area contributed by atoms with Gasteiger partial charge in [-0.05, 0) is 74.6 Å². The number of nitrogens with one attached hydrogen (secondary N) is 3. The summed E-state index contributed by atoms with van der Waals surface area (Å²) in [6.45, 7) is 1.44. The number of furan rings is 1. The van der Waals surface area contributed by atoms with Crippen LogP contribution < -0.4 is 5.32 Å². The first-order valence-corrected chi connectivity index (χ1v) is 14.0. The lowest BCUT2D eigenvalue weighted by Crippen LogP contribution is -2.30. The van der Waals surface area contributed by atoms with Gasteiger partial charge in [-0.15, -0.1) is 0 Å². The Bertz CT molecular complexity index is 1610. The number of esters is 1. The number of aromatic amines is 2. The van der Waals surface area contributed by atoms with E-state index in [0.29, 0.717) is 53.1 Å². The zero-order chi connectivity index (χ0) is 28.7. The molecule has 13 heteroatoms. The molecule has 3 N–H and O–H groups in total. The predicted octanol–water partition coefficient (Wildman–Crippen LogP) is 6.49. The number of hydrogen-bond donors (Lipinski definition) is 3. The highest BCUT2D eigenvalue weighted by Crippen LogP contribution is 2.47. The number of para-hydroxylation sites is 2. The van der Waals surface area contributed by atoms with Crippen LogP contribution in [0.5, 0.6) is 0 Å². The summed E-state index contributed by atoms with van der Waals surface area (Å²) in [7, 11) is 0. The molecule has 0 saturated carbocycles. The maximum Gasteiger partial charge on any atom is 0.490 e. The summed E-state index contributed by atoms with van der Waals surface area (Å²) in [5.41, 5.74) is 4.02. The van der Waals surface area contributed by atoms with Crippen LogP contribution in [0.2, 0.25) is 0 Å². The summed E-state index contributed by atoms with van der Waals surface area (Å²) >= 11 is 1.36. The number of carbonyl (C=O) groups is 2. The number of alkyl halides is 3. The van der Waals surface area contributed by atoms with Crippen LogP contribution in [0.3, 0.4) is 0 Å². The Kier molecular flexibility index (Phi) is 7.14. The minimum atomic E-state index is -5.01. The highest BCUT2D eigenvalue weighted by atomic mass is 32.2. The Morgan fingerprint density at radius 3 is 2.85 bits per heavy atom. The molecular weight excluding hydrogens is 559 g/mol. The molecule has 3 atom stereocenters. The van der Waals surface area contributed by atoms with Crippen LogP contribution in [-0.2, 0) is 14.3 Å². The van der Waals surface area contributed by atoms with E-state index in [1.807, 2.05) is 36.4 Å². The highest BCUT2D eigenvalue weighted by Gasteiger charge is 2.42. The van der Waals surface area contributed by atoms with E-state index in [2.05, 4.69) is 30.2 Å². The number of anilines is 1. The van der Waals surface area contributed by atoms with Crippen LogP contribution in [0.25, 0.3) is 11.0 Å². The Hall–Kier alpha value is -4.00. The number of imidazole rings is 1. The summed E-state index contributed by atoms with van der Waals surface area (Å²) in [6, 6.07) is 11.5. The van der Waals surface area contributed by atoms with Crippen LogP contribution >= 0.6 is 11.8 Å². The van der Waals surface area contributed by atoms with Crippen molar-refractivity contribution in [2.45, 2.75) is 67.5 Å². The van der Waals surface area contributed by atoms with E-state index in [4.69, 9.17) is 4.42 Å². The van der Waals surface area contributed by atoms with Crippen LogP contribution in [0.1, 0.15) is 56.3 Å². The van der Waals surface area contributed by atoms with Gasteiger partial charge in [0.2, 0.25) is 0 Å². The van der Waals surface area contributed by atoms with Crippen LogP contribution in [0, 0.1) is 5.92 Å². The van der Waals surface area contributed by atoms with E-state index < -0.39 is 24.2 Å². The molecule has 1 aliphatic carbocycles. The summed E-state index contributed by atoms with van der Waals surface area (Å²) in [4.78, 5) is 32.4. The van der Waals surface area contributed by atoms with Crippen LogP contribution in [0.4, 0.5) is 19.0 Å². The van der Waals surface area contributed by atoms with Gasteiger partial charge >= 0.3 is 12.1 Å². The molecule has 2 aliphatic rings. The number of nitrogens with zero attached hydrogens (tertiary/aromatic N) is 2. The summed E-state index contributed by atoms with van der Waals surface area (Å²) in [6.07, 6.45) is -1.89. The van der Waals surface area contributed by atoms with Gasteiger partial charge in [0, 0.05) is 23.3 Å². The maximum atomic E-state index is 13.5. The third-order valence-electron chi connectivity index (χ3n) is 7.35. The second-order valence-electron chi connectivity index (χ2n) is 10.3. The normalized spacial score (nSPS) is 19.6. The highest BCUT2D eigenvalue weighted by molar-refractivity contribution is 7.99. The summed E-state index contributed by atoms with van der Waals surface area (Å²) in [5, 5.41) is 11.8. The predicted molar refractivity (Wildman–Crippen MR) is 143 cm³/mol. The average Bonchev–Trinajstić information content (AvgIpc) is 3.66. The Morgan fingerprint density at radius 2 is 2.05 bits per heavy atom. The van der Waals surface area contributed by atoms with Gasteiger partial charge in [-0.1, -0.05) is 12.1 Å². The summed E-state index contributed by atoms with van der Waals surface area (Å²) in [5.74, 6) is -1.32. The third kappa shape index (κ3) is 5.63. The zero-order valence-electron chi connectivity index (χ0n) is 21.9. The third-order valence-corrected chi connectivity index (χ3v) is 8.16. The van der Waals surface area contributed by atoms with Crippen molar-refractivity contribution >= 4 is 40.4 Å².